The summed E-state index contributed by atoms with van der Waals surface area (Å²) in [5.74, 6) is -0.303. The van der Waals surface area contributed by atoms with E-state index in [-0.39, 0.29) is 11.5 Å². The maximum absolute atomic E-state index is 12.6. The summed E-state index contributed by atoms with van der Waals surface area (Å²) < 4.78 is 0. The van der Waals surface area contributed by atoms with E-state index in [1.807, 2.05) is 18.2 Å². The van der Waals surface area contributed by atoms with Crippen molar-refractivity contribution < 1.29 is 4.79 Å². The van der Waals surface area contributed by atoms with Crippen molar-refractivity contribution in [2.75, 3.05) is 5.32 Å². The van der Waals surface area contributed by atoms with Crippen LogP contribution in [0.1, 0.15) is 10.5 Å². The highest BCUT2D eigenvalue weighted by Crippen LogP contribution is 2.26. The van der Waals surface area contributed by atoms with Gasteiger partial charge in [-0.1, -0.05) is 35.9 Å². The molecule has 0 aliphatic heterocycles. The lowest BCUT2D eigenvalue weighted by Gasteiger charge is -2.06. The summed E-state index contributed by atoms with van der Waals surface area (Å²) in [6.07, 6.45) is 0. The van der Waals surface area contributed by atoms with Gasteiger partial charge in [-0.25, -0.2) is 10.1 Å². The van der Waals surface area contributed by atoms with Gasteiger partial charge in [0.25, 0.3) is 11.5 Å². The number of rotatable bonds is 4. The normalized spacial score (nSPS) is 10.6. The van der Waals surface area contributed by atoms with Gasteiger partial charge in [0.05, 0.1) is 5.69 Å². The number of halogens is 1. The van der Waals surface area contributed by atoms with Gasteiger partial charge in [0.15, 0.2) is 0 Å². The molecule has 2 aromatic carbocycles. The van der Waals surface area contributed by atoms with Crippen LogP contribution in [-0.2, 0) is 0 Å². The molecule has 1 amide bonds. The fraction of sp³-hybridized carbons (Fsp3) is 0. The van der Waals surface area contributed by atoms with Gasteiger partial charge in [-0.3, -0.25) is 9.59 Å². The van der Waals surface area contributed by atoms with E-state index in [0.29, 0.717) is 22.1 Å². The number of aromatic nitrogens is 3. The molecule has 0 radical (unpaired) electrons. The third kappa shape index (κ3) is 4.00. The highest BCUT2D eigenvalue weighted by Gasteiger charge is 2.13. The van der Waals surface area contributed by atoms with Crippen LogP contribution in [-0.4, -0.2) is 21.1 Å². The van der Waals surface area contributed by atoms with Crippen molar-refractivity contribution >= 4 is 34.5 Å². The zero-order valence-corrected chi connectivity index (χ0v) is 15.9. The number of carbonyl (C=O) groups is 1. The average molecular weight is 409 g/mol. The maximum atomic E-state index is 12.6. The molecule has 0 unspecified atom stereocenters. The number of anilines is 1. The molecule has 0 aliphatic rings. The van der Waals surface area contributed by atoms with Crippen molar-refractivity contribution in [1.29, 1.82) is 0 Å². The van der Waals surface area contributed by atoms with Crippen LogP contribution in [0, 0.1) is 0 Å². The molecular weight excluding hydrogens is 396 g/mol. The highest BCUT2D eigenvalue weighted by molar-refractivity contribution is 7.13. The van der Waals surface area contributed by atoms with Crippen molar-refractivity contribution in [1.82, 2.24) is 15.2 Å². The van der Waals surface area contributed by atoms with Crippen LogP contribution in [0.4, 0.5) is 5.69 Å². The van der Waals surface area contributed by atoms with Crippen LogP contribution in [0.3, 0.4) is 0 Å². The Morgan fingerprint density at radius 1 is 1.04 bits per heavy atom. The fourth-order valence-corrected chi connectivity index (χ4v) is 3.49. The molecule has 138 valence electrons. The van der Waals surface area contributed by atoms with E-state index in [9.17, 15) is 9.59 Å². The molecule has 2 N–H and O–H groups in total. The number of aromatic amines is 1. The Morgan fingerprint density at radius 3 is 2.61 bits per heavy atom. The molecule has 2 aromatic heterocycles. The summed E-state index contributed by atoms with van der Waals surface area (Å²) in [5.41, 5.74) is 2.95. The number of thiazole rings is 1. The number of carbonyl (C=O) groups excluding carboxylic acids is 1. The van der Waals surface area contributed by atoms with Gasteiger partial charge >= 0.3 is 0 Å². The minimum Gasteiger partial charge on any atom is -0.321 e. The van der Waals surface area contributed by atoms with E-state index in [0.717, 1.165) is 16.1 Å². The Balaban J connectivity index is 1.52. The molecule has 0 aliphatic carbocycles. The maximum Gasteiger partial charge on any atom is 0.275 e. The molecule has 0 saturated heterocycles. The van der Waals surface area contributed by atoms with Crippen molar-refractivity contribution in [3.05, 3.63) is 87.1 Å². The van der Waals surface area contributed by atoms with Crippen molar-refractivity contribution in [3.63, 3.8) is 0 Å². The van der Waals surface area contributed by atoms with Crippen LogP contribution in [0.2, 0.25) is 5.02 Å². The topological polar surface area (TPSA) is 87.7 Å². The molecule has 8 heteroatoms. The summed E-state index contributed by atoms with van der Waals surface area (Å²) >= 11 is 7.30. The van der Waals surface area contributed by atoms with Gasteiger partial charge in [-0.05, 0) is 30.3 Å². The van der Waals surface area contributed by atoms with E-state index in [2.05, 4.69) is 20.5 Å². The number of hydrogen-bond acceptors (Lipinski definition) is 5. The third-order valence-corrected chi connectivity index (χ3v) is 5.07. The minimum atomic E-state index is -0.303. The zero-order valence-electron chi connectivity index (χ0n) is 14.3. The molecule has 0 spiro atoms. The number of hydrogen-bond donors (Lipinski definition) is 2. The molecule has 6 nitrogen and oxygen atoms in total. The Bertz CT molecular complexity index is 1180. The first-order valence-electron chi connectivity index (χ1n) is 8.27. The Labute approximate surface area is 168 Å². The van der Waals surface area contributed by atoms with Gasteiger partial charge in [0.1, 0.15) is 10.7 Å². The zero-order chi connectivity index (χ0) is 19.5. The Morgan fingerprint density at radius 2 is 1.86 bits per heavy atom. The van der Waals surface area contributed by atoms with E-state index in [1.165, 1.54) is 17.4 Å². The van der Waals surface area contributed by atoms with Crippen molar-refractivity contribution in [2.45, 2.75) is 0 Å². The second-order valence-corrected chi connectivity index (χ2v) is 7.18. The van der Waals surface area contributed by atoms with Gasteiger partial charge < -0.3 is 5.32 Å². The summed E-state index contributed by atoms with van der Waals surface area (Å²) in [6, 6.07) is 17.5. The lowest BCUT2D eigenvalue weighted by atomic mass is 10.1. The van der Waals surface area contributed by atoms with Crippen LogP contribution in [0.5, 0.6) is 0 Å². The smallest absolute Gasteiger partial charge is 0.275 e. The predicted molar refractivity (Wildman–Crippen MR) is 111 cm³/mol. The van der Waals surface area contributed by atoms with Crippen LogP contribution in [0.25, 0.3) is 21.8 Å². The number of nitrogens with zero attached hydrogens (tertiary/aromatic N) is 2. The van der Waals surface area contributed by atoms with Gasteiger partial charge in [-0.15, -0.1) is 11.3 Å². The largest absolute Gasteiger partial charge is 0.321 e. The highest BCUT2D eigenvalue weighted by atomic mass is 35.5. The second kappa shape index (κ2) is 7.75. The standard InChI is InChI=1S/C20H13ClN4O2S/c21-14-6-4-12(5-7-14)20-23-17(11-28-20)19(27)22-15-3-1-2-13(10-15)16-8-9-18(26)25-24-16/h1-11H,(H,22,27)(H,25,26). The third-order valence-electron chi connectivity index (χ3n) is 3.92. The molecule has 0 atom stereocenters. The molecule has 4 aromatic rings. The first kappa shape index (κ1) is 18.1. The monoisotopic (exact) mass is 408 g/mol. The SMILES string of the molecule is O=C(Nc1cccc(-c2ccc(=O)[nH]n2)c1)c1csc(-c2ccc(Cl)cc2)n1. The Hall–Kier alpha value is -3.29. The number of benzene rings is 2. The quantitative estimate of drug-likeness (QED) is 0.521. The fourth-order valence-electron chi connectivity index (χ4n) is 2.56. The van der Waals surface area contributed by atoms with Crippen molar-refractivity contribution in [2.24, 2.45) is 0 Å². The van der Waals surface area contributed by atoms with Gasteiger partial charge in [0.2, 0.25) is 0 Å². The molecule has 0 saturated carbocycles. The average Bonchev–Trinajstić information content (AvgIpc) is 3.20. The summed E-state index contributed by atoms with van der Waals surface area (Å²) in [5, 5.41) is 12.3. The molecular formula is C20H13ClN4O2S. The van der Waals surface area contributed by atoms with Gasteiger partial charge in [-0.2, -0.15) is 5.10 Å². The first-order valence-corrected chi connectivity index (χ1v) is 9.53. The molecule has 2 heterocycles. The van der Waals surface area contributed by atoms with E-state index in [4.69, 9.17) is 11.6 Å². The summed E-state index contributed by atoms with van der Waals surface area (Å²) in [6.45, 7) is 0. The molecule has 0 bridgehead atoms. The Kier molecular flexibility index (Phi) is 5.01. The first-order chi connectivity index (χ1) is 13.6. The molecule has 4 rings (SSSR count). The predicted octanol–water partition coefficient (Wildman–Crippen LogP) is 4.47. The van der Waals surface area contributed by atoms with Crippen LogP contribution < -0.4 is 10.9 Å². The van der Waals surface area contributed by atoms with Crippen LogP contribution >= 0.6 is 22.9 Å². The van der Waals surface area contributed by atoms with E-state index in [1.54, 1.807) is 41.8 Å². The lowest BCUT2D eigenvalue weighted by molar-refractivity contribution is 0.102. The van der Waals surface area contributed by atoms with E-state index < -0.39 is 0 Å². The summed E-state index contributed by atoms with van der Waals surface area (Å²) in [4.78, 5) is 28.1. The molecule has 28 heavy (non-hydrogen) atoms. The number of nitrogens with one attached hydrogen (secondary N) is 2. The second-order valence-electron chi connectivity index (χ2n) is 5.89. The summed E-state index contributed by atoms with van der Waals surface area (Å²) in [7, 11) is 0. The van der Waals surface area contributed by atoms with Crippen LogP contribution in [0.15, 0.2) is 70.8 Å². The van der Waals surface area contributed by atoms with E-state index >= 15 is 0 Å². The van der Waals surface area contributed by atoms with Crippen molar-refractivity contribution in [3.8, 4) is 21.8 Å². The minimum absolute atomic E-state index is 0.270. The lowest BCUT2D eigenvalue weighted by Crippen LogP contribution is -2.12. The molecule has 0 fully saturated rings. The number of H-pyrrole nitrogens is 1. The van der Waals surface area contributed by atoms with Gasteiger partial charge in [0, 0.05) is 33.3 Å². The number of amides is 1.